The van der Waals surface area contributed by atoms with Crippen LogP contribution in [0.5, 0.6) is 11.5 Å². The number of carbonyl (C=O) groups is 1. The number of fused-ring (bicyclic) bond motifs is 1. The summed E-state index contributed by atoms with van der Waals surface area (Å²) in [5.74, 6) is -1.92. The third-order valence-corrected chi connectivity index (χ3v) is 5.36. The maximum absolute atomic E-state index is 12.8. The Morgan fingerprint density at radius 1 is 1.15 bits per heavy atom. The molecule has 0 unspecified atom stereocenters. The standard InChI is InChI=1S/C23H23F3N4O3/c1-14-4-3-5-15(10-14)29-21-20-18(27-13-28-21)11-17(33-22(31)23(24,25)26)12-19(20)32-16-6-8-30(2)9-7-16/h3-5,10-13,16H,6-9H2,1-2H3,(H,27,28,29). The van der Waals surface area contributed by atoms with Crippen molar-refractivity contribution in [1.29, 1.82) is 0 Å². The van der Waals surface area contributed by atoms with Gasteiger partial charge in [0.1, 0.15) is 29.7 Å². The number of nitrogens with zero attached hydrogens (tertiary/aromatic N) is 3. The molecule has 0 atom stereocenters. The first-order valence-electron chi connectivity index (χ1n) is 10.5. The summed E-state index contributed by atoms with van der Waals surface area (Å²) in [4.78, 5) is 22.1. The number of halogens is 3. The van der Waals surface area contributed by atoms with E-state index < -0.39 is 12.1 Å². The number of alkyl halides is 3. The Kier molecular flexibility index (Phi) is 6.37. The van der Waals surface area contributed by atoms with E-state index in [4.69, 9.17) is 4.74 Å². The van der Waals surface area contributed by atoms with Crippen molar-refractivity contribution >= 4 is 28.4 Å². The van der Waals surface area contributed by atoms with Crippen LogP contribution in [0.1, 0.15) is 18.4 Å². The van der Waals surface area contributed by atoms with E-state index in [9.17, 15) is 18.0 Å². The predicted octanol–water partition coefficient (Wildman–Crippen LogP) is 4.62. The van der Waals surface area contributed by atoms with E-state index in [1.54, 1.807) is 0 Å². The molecule has 0 spiro atoms. The molecule has 3 aromatic rings. The van der Waals surface area contributed by atoms with Gasteiger partial charge in [0.05, 0.1) is 10.9 Å². The summed E-state index contributed by atoms with van der Waals surface area (Å²) in [5.41, 5.74) is 2.12. The van der Waals surface area contributed by atoms with Crippen molar-refractivity contribution in [3.05, 3.63) is 48.3 Å². The topological polar surface area (TPSA) is 76.6 Å². The predicted molar refractivity (Wildman–Crippen MR) is 117 cm³/mol. The number of benzene rings is 2. The van der Waals surface area contributed by atoms with Crippen molar-refractivity contribution in [2.75, 3.05) is 25.5 Å². The number of carbonyl (C=O) groups excluding carboxylic acids is 1. The zero-order valence-electron chi connectivity index (χ0n) is 18.1. The highest BCUT2D eigenvalue weighted by Crippen LogP contribution is 2.37. The van der Waals surface area contributed by atoms with E-state index in [1.807, 2.05) is 38.2 Å². The molecule has 1 aromatic heterocycles. The molecule has 1 fully saturated rings. The first-order valence-corrected chi connectivity index (χ1v) is 10.5. The van der Waals surface area contributed by atoms with Gasteiger partial charge in [-0.25, -0.2) is 14.8 Å². The van der Waals surface area contributed by atoms with Crippen LogP contribution < -0.4 is 14.8 Å². The van der Waals surface area contributed by atoms with Gasteiger partial charge in [-0.15, -0.1) is 0 Å². The molecule has 33 heavy (non-hydrogen) atoms. The third kappa shape index (κ3) is 5.51. The molecule has 1 saturated heterocycles. The van der Waals surface area contributed by atoms with Gasteiger partial charge < -0.3 is 19.7 Å². The van der Waals surface area contributed by atoms with E-state index >= 15 is 0 Å². The summed E-state index contributed by atoms with van der Waals surface area (Å²) in [6.45, 7) is 3.62. The van der Waals surface area contributed by atoms with Gasteiger partial charge in [-0.1, -0.05) is 12.1 Å². The van der Waals surface area contributed by atoms with Crippen LogP contribution in [-0.4, -0.2) is 53.3 Å². The van der Waals surface area contributed by atoms with Crippen LogP contribution in [-0.2, 0) is 4.79 Å². The highest BCUT2D eigenvalue weighted by Gasteiger charge is 2.41. The largest absolute Gasteiger partial charge is 0.491 e. The molecule has 0 radical (unpaired) electrons. The van der Waals surface area contributed by atoms with Gasteiger partial charge in [0.25, 0.3) is 0 Å². The summed E-state index contributed by atoms with van der Waals surface area (Å²) >= 11 is 0. The van der Waals surface area contributed by atoms with E-state index in [0.29, 0.717) is 11.2 Å². The number of aromatic nitrogens is 2. The van der Waals surface area contributed by atoms with Crippen LogP contribution in [0.25, 0.3) is 10.9 Å². The summed E-state index contributed by atoms with van der Waals surface area (Å²) < 4.78 is 49.0. The average molecular weight is 460 g/mol. The Morgan fingerprint density at radius 3 is 2.61 bits per heavy atom. The quantitative estimate of drug-likeness (QED) is 0.440. The van der Waals surface area contributed by atoms with E-state index in [2.05, 4.69) is 24.9 Å². The monoisotopic (exact) mass is 460 g/mol. The molecular formula is C23H23F3N4O3. The normalized spacial score (nSPS) is 15.4. The second kappa shape index (κ2) is 9.22. The number of piperidine rings is 1. The van der Waals surface area contributed by atoms with Crippen LogP contribution in [0.3, 0.4) is 0 Å². The summed E-state index contributed by atoms with van der Waals surface area (Å²) in [5, 5.41) is 3.72. The minimum Gasteiger partial charge on any atom is -0.489 e. The van der Waals surface area contributed by atoms with Gasteiger partial charge in [0.15, 0.2) is 0 Å². The zero-order valence-corrected chi connectivity index (χ0v) is 18.1. The molecule has 0 saturated carbocycles. The van der Waals surface area contributed by atoms with Crippen molar-refractivity contribution in [2.24, 2.45) is 0 Å². The number of ether oxygens (including phenoxy) is 2. The smallest absolute Gasteiger partial charge is 0.489 e. The van der Waals surface area contributed by atoms with Gasteiger partial charge in [0, 0.05) is 30.9 Å². The number of nitrogens with one attached hydrogen (secondary N) is 1. The van der Waals surface area contributed by atoms with Crippen molar-refractivity contribution < 1.29 is 27.4 Å². The van der Waals surface area contributed by atoms with Gasteiger partial charge in [-0.05, 0) is 44.5 Å². The molecule has 0 aliphatic carbocycles. The lowest BCUT2D eigenvalue weighted by molar-refractivity contribution is -0.189. The van der Waals surface area contributed by atoms with Gasteiger partial charge in [0.2, 0.25) is 0 Å². The van der Waals surface area contributed by atoms with E-state index in [1.165, 1.54) is 18.5 Å². The van der Waals surface area contributed by atoms with E-state index in [0.717, 1.165) is 37.2 Å². The fourth-order valence-corrected chi connectivity index (χ4v) is 3.68. The van der Waals surface area contributed by atoms with Crippen molar-refractivity contribution in [3.63, 3.8) is 0 Å². The highest BCUT2D eigenvalue weighted by molar-refractivity contribution is 5.97. The third-order valence-electron chi connectivity index (χ3n) is 5.36. The fourth-order valence-electron chi connectivity index (χ4n) is 3.68. The molecule has 2 heterocycles. The maximum atomic E-state index is 12.8. The van der Waals surface area contributed by atoms with Crippen molar-refractivity contribution in [1.82, 2.24) is 14.9 Å². The molecule has 2 aromatic carbocycles. The van der Waals surface area contributed by atoms with Crippen LogP contribution in [0, 0.1) is 6.92 Å². The molecule has 7 nitrogen and oxygen atoms in total. The lowest BCUT2D eigenvalue weighted by Gasteiger charge is -2.29. The number of hydrogen-bond acceptors (Lipinski definition) is 7. The Morgan fingerprint density at radius 2 is 1.91 bits per heavy atom. The molecule has 4 rings (SSSR count). The highest BCUT2D eigenvalue weighted by atomic mass is 19.4. The lowest BCUT2D eigenvalue weighted by Crippen LogP contribution is -2.35. The fraction of sp³-hybridized carbons (Fsp3) is 0.348. The summed E-state index contributed by atoms with van der Waals surface area (Å²) in [7, 11) is 2.01. The Labute approximate surface area is 188 Å². The summed E-state index contributed by atoms with van der Waals surface area (Å²) in [6.07, 6.45) is -2.48. The number of aryl methyl sites for hydroxylation is 1. The van der Waals surface area contributed by atoms with Crippen molar-refractivity contribution in [2.45, 2.75) is 32.0 Å². The average Bonchev–Trinajstić information content (AvgIpc) is 2.75. The number of likely N-dealkylation sites (tertiary alicyclic amines) is 1. The summed E-state index contributed by atoms with van der Waals surface area (Å²) in [6, 6.07) is 10.2. The molecule has 0 amide bonds. The molecule has 174 valence electrons. The van der Waals surface area contributed by atoms with Crippen LogP contribution in [0.15, 0.2) is 42.7 Å². The Balaban J connectivity index is 1.75. The minimum absolute atomic E-state index is 0.148. The number of anilines is 2. The maximum Gasteiger partial charge on any atom is 0.491 e. The molecule has 1 aliphatic heterocycles. The van der Waals surface area contributed by atoms with Gasteiger partial charge >= 0.3 is 12.1 Å². The number of hydrogen-bond donors (Lipinski definition) is 1. The molecule has 0 bridgehead atoms. The van der Waals surface area contributed by atoms with Crippen molar-refractivity contribution in [3.8, 4) is 11.5 Å². The molecule has 1 N–H and O–H groups in total. The lowest BCUT2D eigenvalue weighted by atomic mass is 10.1. The van der Waals surface area contributed by atoms with E-state index in [-0.39, 0.29) is 23.1 Å². The van der Waals surface area contributed by atoms with Crippen LogP contribution >= 0.6 is 0 Å². The molecule has 10 heteroatoms. The van der Waals surface area contributed by atoms with Gasteiger partial charge in [-0.2, -0.15) is 13.2 Å². The SMILES string of the molecule is Cc1cccc(Nc2ncnc3cc(OC(=O)C(F)(F)F)cc(OC4CCN(C)CC4)c23)c1. The minimum atomic E-state index is -5.12. The van der Waals surface area contributed by atoms with Gasteiger partial charge in [-0.3, -0.25) is 0 Å². The number of rotatable bonds is 5. The van der Waals surface area contributed by atoms with Crippen LogP contribution in [0.4, 0.5) is 24.7 Å². The molecule has 1 aliphatic rings. The number of esters is 1. The second-order valence-electron chi connectivity index (χ2n) is 8.04. The first kappa shape index (κ1) is 22.8. The second-order valence-corrected chi connectivity index (χ2v) is 8.04. The zero-order chi connectivity index (χ0) is 23.6. The molecular weight excluding hydrogens is 437 g/mol. The Hall–Kier alpha value is -3.40. The Bertz CT molecular complexity index is 1160. The first-order chi connectivity index (χ1) is 15.7. The van der Waals surface area contributed by atoms with Crippen LogP contribution in [0.2, 0.25) is 0 Å².